The molecule has 104 valence electrons. The quantitative estimate of drug-likeness (QED) is 0.483. The van der Waals surface area contributed by atoms with Crippen LogP contribution in [-0.4, -0.2) is 33.6 Å². The highest BCUT2D eigenvalue weighted by molar-refractivity contribution is 5.79. The molecule has 0 bridgehead atoms. The zero-order valence-electron chi connectivity index (χ0n) is 11.2. The van der Waals surface area contributed by atoms with Crippen molar-refractivity contribution in [3.05, 3.63) is 34.2 Å². The Hall–Kier alpha value is -1.95. The fraction of sp³-hybridized carbons (Fsp3) is 0.462. The highest BCUT2D eigenvalue weighted by Gasteiger charge is 2.24. The van der Waals surface area contributed by atoms with E-state index in [0.29, 0.717) is 11.8 Å². The van der Waals surface area contributed by atoms with E-state index in [2.05, 4.69) is 5.29 Å². The van der Waals surface area contributed by atoms with Gasteiger partial charge in [0.2, 0.25) is 0 Å². The number of phenolic OH excluding ortho intramolecular Hbond substituents is 1. The number of β-amino-alcohol motifs (C(OH)–C–C–N with tert-alkyl or cyclic N) is 1. The number of benzene rings is 1. The lowest BCUT2D eigenvalue weighted by atomic mass is 10.0. The molecule has 2 N–H and O–H groups in total. The number of aliphatic hydroxyl groups excluding tert-OH is 1. The van der Waals surface area contributed by atoms with Crippen molar-refractivity contribution >= 4 is 6.29 Å². The summed E-state index contributed by atoms with van der Waals surface area (Å²) < 4.78 is 0. The first kappa shape index (κ1) is 15.1. The van der Waals surface area contributed by atoms with Crippen LogP contribution in [0, 0.1) is 4.91 Å². The molecule has 1 atom stereocenters. The minimum absolute atomic E-state index is 0.00999. The van der Waals surface area contributed by atoms with Gasteiger partial charge in [-0.2, -0.15) is 0 Å². The molecule has 6 heteroatoms. The Morgan fingerprint density at radius 1 is 1.42 bits per heavy atom. The zero-order valence-corrected chi connectivity index (χ0v) is 11.2. The third kappa shape index (κ3) is 3.75. The van der Waals surface area contributed by atoms with Crippen molar-refractivity contribution in [2.24, 2.45) is 5.29 Å². The van der Waals surface area contributed by atoms with Gasteiger partial charge in [-0.15, -0.1) is 4.91 Å². The van der Waals surface area contributed by atoms with Crippen molar-refractivity contribution in [2.45, 2.75) is 32.4 Å². The molecule has 0 aliphatic heterocycles. The summed E-state index contributed by atoms with van der Waals surface area (Å²) in [6.07, 6.45) is -0.471. The fourth-order valence-electron chi connectivity index (χ4n) is 1.57. The zero-order chi connectivity index (χ0) is 14.6. The van der Waals surface area contributed by atoms with E-state index in [1.54, 1.807) is 20.8 Å². The first-order valence-electron chi connectivity index (χ1n) is 5.86. The number of nitrogens with zero attached hydrogens (tertiary/aromatic N) is 2. The highest BCUT2D eigenvalue weighted by atomic mass is 16.3. The van der Waals surface area contributed by atoms with E-state index < -0.39 is 11.6 Å². The molecular formula is C13H18N2O4. The molecule has 1 rings (SSSR count). The summed E-state index contributed by atoms with van der Waals surface area (Å²) in [6, 6.07) is 4.22. The van der Waals surface area contributed by atoms with Crippen molar-refractivity contribution in [3.63, 3.8) is 0 Å². The van der Waals surface area contributed by atoms with Gasteiger partial charge in [-0.05, 0) is 38.5 Å². The predicted molar refractivity (Wildman–Crippen MR) is 70.7 cm³/mol. The van der Waals surface area contributed by atoms with Crippen LogP contribution >= 0.6 is 0 Å². The van der Waals surface area contributed by atoms with E-state index in [-0.39, 0.29) is 17.9 Å². The van der Waals surface area contributed by atoms with Crippen LogP contribution in [0.1, 0.15) is 42.8 Å². The van der Waals surface area contributed by atoms with Gasteiger partial charge in [0.25, 0.3) is 0 Å². The molecule has 0 saturated carbocycles. The van der Waals surface area contributed by atoms with Gasteiger partial charge in [0, 0.05) is 0 Å². The molecular weight excluding hydrogens is 248 g/mol. The van der Waals surface area contributed by atoms with Crippen LogP contribution in [0.4, 0.5) is 0 Å². The second kappa shape index (κ2) is 5.79. The number of nitroso groups, excluding NO2 is 1. The molecule has 19 heavy (non-hydrogen) atoms. The summed E-state index contributed by atoms with van der Waals surface area (Å²) in [5.41, 5.74) is 0.0309. The van der Waals surface area contributed by atoms with E-state index in [9.17, 15) is 19.9 Å². The van der Waals surface area contributed by atoms with Crippen molar-refractivity contribution in [1.29, 1.82) is 0 Å². The first-order valence-corrected chi connectivity index (χ1v) is 5.86. The van der Waals surface area contributed by atoms with Crippen LogP contribution in [-0.2, 0) is 0 Å². The molecule has 0 heterocycles. The Bertz CT molecular complexity index is 468. The average molecular weight is 266 g/mol. The summed E-state index contributed by atoms with van der Waals surface area (Å²) in [5, 5.41) is 23.6. The van der Waals surface area contributed by atoms with Crippen molar-refractivity contribution in [1.82, 2.24) is 5.01 Å². The number of aldehydes is 1. The number of carbonyl (C=O) groups excluding carboxylic acids is 1. The normalized spacial score (nSPS) is 12.8. The number of rotatable bonds is 5. The molecule has 0 aliphatic carbocycles. The Balaban J connectivity index is 2.91. The monoisotopic (exact) mass is 266 g/mol. The van der Waals surface area contributed by atoms with Gasteiger partial charge in [0.1, 0.15) is 5.75 Å². The van der Waals surface area contributed by atoms with Gasteiger partial charge < -0.3 is 10.2 Å². The molecule has 0 amide bonds. The van der Waals surface area contributed by atoms with Crippen molar-refractivity contribution in [2.75, 3.05) is 6.54 Å². The molecule has 0 spiro atoms. The SMILES string of the molecule is CC(C)(C)N(CC(O)c1ccc(O)c(C=O)c1)N=O. The Kier molecular flexibility index (Phi) is 4.61. The van der Waals surface area contributed by atoms with Gasteiger partial charge in [-0.25, -0.2) is 0 Å². The van der Waals surface area contributed by atoms with E-state index in [1.165, 1.54) is 23.2 Å². The fourth-order valence-corrected chi connectivity index (χ4v) is 1.57. The van der Waals surface area contributed by atoms with Crippen LogP contribution in [0.3, 0.4) is 0 Å². The summed E-state index contributed by atoms with van der Waals surface area (Å²) in [6.45, 7) is 5.41. The molecule has 0 fully saturated rings. The van der Waals surface area contributed by atoms with Crippen LogP contribution < -0.4 is 0 Å². The van der Waals surface area contributed by atoms with Gasteiger partial charge in [-0.1, -0.05) is 6.07 Å². The van der Waals surface area contributed by atoms with E-state index >= 15 is 0 Å². The van der Waals surface area contributed by atoms with Crippen LogP contribution in [0.25, 0.3) is 0 Å². The second-order valence-electron chi connectivity index (χ2n) is 5.29. The molecule has 1 aromatic rings. The van der Waals surface area contributed by atoms with E-state index in [4.69, 9.17) is 0 Å². The molecule has 6 nitrogen and oxygen atoms in total. The lowest BCUT2D eigenvalue weighted by Gasteiger charge is -2.31. The number of aliphatic hydroxyl groups is 1. The Morgan fingerprint density at radius 3 is 2.53 bits per heavy atom. The van der Waals surface area contributed by atoms with E-state index in [1.807, 2.05) is 0 Å². The minimum Gasteiger partial charge on any atom is -0.507 e. The molecule has 0 radical (unpaired) electrons. The maximum absolute atomic E-state index is 10.8. The lowest BCUT2D eigenvalue weighted by molar-refractivity contribution is 0.0591. The Labute approximate surface area is 111 Å². The minimum atomic E-state index is -0.976. The topological polar surface area (TPSA) is 90.2 Å². The van der Waals surface area contributed by atoms with Gasteiger partial charge >= 0.3 is 0 Å². The Morgan fingerprint density at radius 2 is 2.05 bits per heavy atom. The van der Waals surface area contributed by atoms with Crippen LogP contribution in [0.15, 0.2) is 23.5 Å². The average Bonchev–Trinajstić information content (AvgIpc) is 2.34. The maximum Gasteiger partial charge on any atom is 0.153 e. The van der Waals surface area contributed by atoms with Gasteiger partial charge in [-0.3, -0.25) is 9.80 Å². The second-order valence-corrected chi connectivity index (χ2v) is 5.29. The predicted octanol–water partition coefficient (Wildman–Crippen LogP) is 2.02. The largest absolute Gasteiger partial charge is 0.507 e. The number of hydrogen-bond donors (Lipinski definition) is 2. The summed E-state index contributed by atoms with van der Waals surface area (Å²) in [5.74, 6) is -0.146. The lowest BCUT2D eigenvalue weighted by Crippen LogP contribution is -2.39. The standard InChI is InChI=1S/C13H18N2O4/c1-13(2,3)15(14-19)7-12(18)9-4-5-11(17)10(6-9)8-16/h4-6,8,12,17-18H,7H2,1-3H3. The molecule has 1 unspecified atom stereocenters. The summed E-state index contributed by atoms with van der Waals surface area (Å²) >= 11 is 0. The number of aromatic hydroxyl groups is 1. The molecule has 1 aromatic carbocycles. The van der Waals surface area contributed by atoms with Crippen LogP contribution in [0.2, 0.25) is 0 Å². The number of carbonyl (C=O) groups is 1. The molecule has 0 aliphatic rings. The molecule has 0 saturated heterocycles. The maximum atomic E-state index is 10.8. The van der Waals surface area contributed by atoms with E-state index in [0.717, 1.165) is 0 Å². The van der Waals surface area contributed by atoms with Crippen molar-refractivity contribution in [3.8, 4) is 5.75 Å². The van der Waals surface area contributed by atoms with Gasteiger partial charge in [0.05, 0.1) is 29.0 Å². The highest BCUT2D eigenvalue weighted by Crippen LogP contribution is 2.24. The smallest absolute Gasteiger partial charge is 0.153 e. The number of hydrogen-bond acceptors (Lipinski definition) is 5. The van der Waals surface area contributed by atoms with Gasteiger partial charge in [0.15, 0.2) is 6.29 Å². The third-order valence-electron chi connectivity index (χ3n) is 2.78. The molecule has 0 aromatic heterocycles. The summed E-state index contributed by atoms with van der Waals surface area (Å²) in [4.78, 5) is 21.5. The van der Waals surface area contributed by atoms with Crippen molar-refractivity contribution < 1.29 is 15.0 Å². The first-order chi connectivity index (χ1) is 8.79. The van der Waals surface area contributed by atoms with Crippen LogP contribution in [0.5, 0.6) is 5.75 Å². The summed E-state index contributed by atoms with van der Waals surface area (Å²) in [7, 11) is 0. The third-order valence-corrected chi connectivity index (χ3v) is 2.78. The number of phenols is 1.